The summed E-state index contributed by atoms with van der Waals surface area (Å²) in [5.41, 5.74) is 1.11. The van der Waals surface area contributed by atoms with E-state index in [1.54, 1.807) is 24.3 Å². The van der Waals surface area contributed by atoms with E-state index in [1.165, 1.54) is 6.08 Å². The molecule has 0 aromatic heterocycles. The number of hydroxylamine groups is 1. The molecule has 0 aliphatic heterocycles. The molecule has 1 aliphatic carbocycles. The van der Waals surface area contributed by atoms with Crippen LogP contribution in [-0.4, -0.2) is 11.0 Å². The van der Waals surface area contributed by atoms with Crippen molar-refractivity contribution in [3.8, 4) is 0 Å². The molecule has 0 spiro atoms. The van der Waals surface area contributed by atoms with Crippen LogP contribution in [0.15, 0.2) is 36.0 Å². The lowest BCUT2D eigenvalue weighted by molar-refractivity contribution is -0.117. The highest BCUT2D eigenvalue weighted by atomic mass is 35.5. The highest BCUT2D eigenvalue weighted by Crippen LogP contribution is 2.36. The van der Waals surface area contributed by atoms with Gasteiger partial charge >= 0.3 is 0 Å². The molecule has 0 amide bonds. The maximum atomic E-state index is 11.6. The molecule has 4 heteroatoms. The fourth-order valence-corrected chi connectivity index (χ4v) is 2.32. The highest BCUT2D eigenvalue weighted by molar-refractivity contribution is 6.30. The molecule has 1 N–H and O–H groups in total. The Morgan fingerprint density at radius 1 is 1.22 bits per heavy atom. The van der Waals surface area contributed by atoms with E-state index in [2.05, 4.69) is 0 Å². The number of carbonyl (C=O) groups excluding carboxylic acids is 1. The van der Waals surface area contributed by atoms with Crippen LogP contribution in [0.3, 0.4) is 0 Å². The molecule has 0 fully saturated rings. The lowest BCUT2D eigenvalue weighted by atomic mass is 9.79. The molecule has 18 heavy (non-hydrogen) atoms. The van der Waals surface area contributed by atoms with E-state index >= 15 is 0 Å². The van der Waals surface area contributed by atoms with E-state index in [9.17, 15) is 10.0 Å². The van der Waals surface area contributed by atoms with Crippen molar-refractivity contribution in [3.05, 3.63) is 41.1 Å². The van der Waals surface area contributed by atoms with Gasteiger partial charge in [-0.25, -0.2) is 5.06 Å². The minimum atomic E-state index is -0.116. The van der Waals surface area contributed by atoms with Crippen LogP contribution >= 0.6 is 11.6 Å². The maximum Gasteiger partial charge on any atom is 0.158 e. The zero-order chi connectivity index (χ0) is 13.3. The normalized spacial score (nSPS) is 18.4. The predicted octanol–water partition coefficient (Wildman–Crippen LogP) is 3.81. The number of allylic oxidation sites excluding steroid dienone is 2. The van der Waals surface area contributed by atoms with E-state index in [-0.39, 0.29) is 11.2 Å². The fraction of sp³-hybridized carbons (Fsp3) is 0.357. The summed E-state index contributed by atoms with van der Waals surface area (Å²) in [4.78, 5) is 11.6. The number of anilines is 1. The largest absolute Gasteiger partial charge is 0.295 e. The molecular weight excluding hydrogens is 250 g/mol. The second-order valence-electron chi connectivity index (χ2n) is 5.41. The standard InChI is InChI=1S/C14H16ClNO2/c1-14(2)8-12(7-13(17)9-14)16(18)11-5-3-10(15)4-6-11/h3-7,18H,8-9H2,1-2H3. The monoisotopic (exact) mass is 265 g/mol. The van der Waals surface area contributed by atoms with E-state index in [1.807, 2.05) is 13.8 Å². The molecule has 0 saturated heterocycles. The van der Waals surface area contributed by atoms with Gasteiger partial charge in [0.25, 0.3) is 0 Å². The number of nitrogens with zero attached hydrogens (tertiary/aromatic N) is 1. The summed E-state index contributed by atoms with van der Waals surface area (Å²) < 4.78 is 0. The van der Waals surface area contributed by atoms with E-state index in [0.29, 0.717) is 29.2 Å². The fourth-order valence-electron chi connectivity index (χ4n) is 2.20. The van der Waals surface area contributed by atoms with Crippen molar-refractivity contribution in [1.29, 1.82) is 0 Å². The van der Waals surface area contributed by atoms with Crippen LogP contribution in [0.25, 0.3) is 0 Å². The molecule has 0 heterocycles. The quantitative estimate of drug-likeness (QED) is 0.827. The molecule has 0 saturated carbocycles. The van der Waals surface area contributed by atoms with Crippen molar-refractivity contribution >= 4 is 23.1 Å². The topological polar surface area (TPSA) is 40.5 Å². The smallest absolute Gasteiger partial charge is 0.158 e. The van der Waals surface area contributed by atoms with Crippen LogP contribution in [0.1, 0.15) is 26.7 Å². The Kier molecular flexibility index (Phi) is 3.46. The summed E-state index contributed by atoms with van der Waals surface area (Å²) in [6.45, 7) is 4.04. The van der Waals surface area contributed by atoms with Crippen LogP contribution in [0.4, 0.5) is 5.69 Å². The van der Waals surface area contributed by atoms with E-state index in [4.69, 9.17) is 11.6 Å². The van der Waals surface area contributed by atoms with Crippen LogP contribution in [-0.2, 0) is 4.79 Å². The maximum absolute atomic E-state index is 11.6. The average molecular weight is 266 g/mol. The first-order valence-corrected chi connectivity index (χ1v) is 6.23. The number of halogens is 1. The number of hydrogen-bond acceptors (Lipinski definition) is 3. The zero-order valence-electron chi connectivity index (χ0n) is 10.5. The third-order valence-corrected chi connectivity index (χ3v) is 3.24. The first kappa shape index (κ1) is 13.1. The predicted molar refractivity (Wildman–Crippen MR) is 71.8 cm³/mol. The van der Waals surface area contributed by atoms with Gasteiger partial charge in [-0.3, -0.25) is 10.0 Å². The summed E-state index contributed by atoms with van der Waals surface area (Å²) >= 11 is 5.80. The van der Waals surface area contributed by atoms with Gasteiger partial charge in [0.15, 0.2) is 5.78 Å². The van der Waals surface area contributed by atoms with Gasteiger partial charge in [0, 0.05) is 17.5 Å². The average Bonchev–Trinajstić information content (AvgIpc) is 2.26. The summed E-state index contributed by atoms with van der Waals surface area (Å²) in [6.07, 6.45) is 2.70. The molecular formula is C14H16ClNO2. The van der Waals surface area contributed by atoms with Crippen molar-refractivity contribution in [1.82, 2.24) is 0 Å². The van der Waals surface area contributed by atoms with Gasteiger partial charge in [-0.2, -0.15) is 0 Å². The lowest BCUT2D eigenvalue weighted by Gasteiger charge is -2.32. The van der Waals surface area contributed by atoms with E-state index in [0.717, 1.165) is 5.06 Å². The van der Waals surface area contributed by atoms with E-state index < -0.39 is 0 Å². The Hall–Kier alpha value is -1.32. The molecule has 0 bridgehead atoms. The Balaban J connectivity index is 2.26. The summed E-state index contributed by atoms with van der Waals surface area (Å²) in [5.74, 6) is 0.0502. The minimum Gasteiger partial charge on any atom is -0.295 e. The summed E-state index contributed by atoms with van der Waals surface area (Å²) in [7, 11) is 0. The Bertz CT molecular complexity index is 491. The van der Waals surface area contributed by atoms with Crippen LogP contribution < -0.4 is 5.06 Å². The number of benzene rings is 1. The second kappa shape index (κ2) is 4.75. The highest BCUT2D eigenvalue weighted by Gasteiger charge is 2.29. The number of carbonyl (C=O) groups is 1. The van der Waals surface area contributed by atoms with Crippen molar-refractivity contribution in [3.63, 3.8) is 0 Å². The summed E-state index contributed by atoms with van der Waals surface area (Å²) in [5, 5.41) is 11.8. The van der Waals surface area contributed by atoms with Gasteiger partial charge in [0.1, 0.15) is 0 Å². The van der Waals surface area contributed by atoms with Crippen molar-refractivity contribution in [2.75, 3.05) is 5.06 Å². The first-order chi connectivity index (χ1) is 8.37. The van der Waals surface area contributed by atoms with Gasteiger partial charge < -0.3 is 0 Å². The minimum absolute atomic E-state index is 0.0502. The second-order valence-corrected chi connectivity index (χ2v) is 5.84. The number of ketones is 1. The Morgan fingerprint density at radius 3 is 2.39 bits per heavy atom. The van der Waals surface area contributed by atoms with Gasteiger partial charge in [-0.1, -0.05) is 25.4 Å². The van der Waals surface area contributed by atoms with Crippen LogP contribution in [0, 0.1) is 5.41 Å². The number of hydrogen-bond donors (Lipinski definition) is 1. The molecule has 0 radical (unpaired) electrons. The Labute approximate surface area is 112 Å². The third-order valence-electron chi connectivity index (χ3n) is 2.98. The summed E-state index contributed by atoms with van der Waals surface area (Å²) in [6, 6.07) is 6.84. The van der Waals surface area contributed by atoms with Gasteiger partial charge in [-0.15, -0.1) is 0 Å². The van der Waals surface area contributed by atoms with Crippen molar-refractivity contribution < 1.29 is 10.0 Å². The Morgan fingerprint density at radius 2 is 1.83 bits per heavy atom. The molecule has 2 rings (SSSR count). The van der Waals surface area contributed by atoms with Crippen LogP contribution in [0.5, 0.6) is 0 Å². The van der Waals surface area contributed by atoms with Gasteiger partial charge in [0.05, 0.1) is 11.4 Å². The van der Waals surface area contributed by atoms with Gasteiger partial charge in [-0.05, 0) is 36.1 Å². The molecule has 96 valence electrons. The molecule has 1 aliphatic rings. The third kappa shape index (κ3) is 2.92. The van der Waals surface area contributed by atoms with Gasteiger partial charge in [0.2, 0.25) is 0 Å². The van der Waals surface area contributed by atoms with Crippen molar-refractivity contribution in [2.24, 2.45) is 5.41 Å². The molecule has 1 aromatic carbocycles. The molecule has 0 atom stereocenters. The SMILES string of the molecule is CC1(C)CC(=O)C=C(N(O)c2ccc(Cl)cc2)C1. The molecule has 1 aromatic rings. The lowest BCUT2D eigenvalue weighted by Crippen LogP contribution is -2.29. The molecule has 3 nitrogen and oxygen atoms in total. The van der Waals surface area contributed by atoms with Crippen LogP contribution in [0.2, 0.25) is 5.02 Å². The molecule has 0 unspecified atom stereocenters. The van der Waals surface area contributed by atoms with Crippen molar-refractivity contribution in [2.45, 2.75) is 26.7 Å². The zero-order valence-corrected chi connectivity index (χ0v) is 11.2. The number of rotatable bonds is 2. The first-order valence-electron chi connectivity index (χ1n) is 5.85.